The lowest BCUT2D eigenvalue weighted by atomic mass is 9.88. The molecule has 0 bridgehead atoms. The summed E-state index contributed by atoms with van der Waals surface area (Å²) in [7, 11) is 0. The van der Waals surface area contributed by atoms with E-state index in [1.165, 1.54) is 11.3 Å². The first-order valence-electron chi connectivity index (χ1n) is 6.00. The number of hydrogen-bond acceptors (Lipinski definition) is 3. The molecule has 2 rings (SSSR count). The van der Waals surface area contributed by atoms with Crippen molar-refractivity contribution in [2.45, 2.75) is 25.3 Å². The highest BCUT2D eigenvalue weighted by Crippen LogP contribution is 2.25. The zero-order valence-corrected chi connectivity index (χ0v) is 9.92. The quantitative estimate of drug-likeness (QED) is 0.722. The Balaban J connectivity index is 2.15. The fourth-order valence-electron chi connectivity index (χ4n) is 2.28. The van der Waals surface area contributed by atoms with Crippen LogP contribution in [-0.2, 0) is 0 Å². The van der Waals surface area contributed by atoms with Crippen LogP contribution in [0.4, 0.5) is 5.69 Å². The summed E-state index contributed by atoms with van der Waals surface area (Å²) in [4.78, 5) is 0. The van der Waals surface area contributed by atoms with Crippen LogP contribution in [0.5, 0.6) is 0 Å². The van der Waals surface area contributed by atoms with E-state index >= 15 is 0 Å². The van der Waals surface area contributed by atoms with Crippen molar-refractivity contribution in [1.82, 2.24) is 5.32 Å². The van der Waals surface area contributed by atoms with Crippen molar-refractivity contribution in [2.75, 3.05) is 25.0 Å². The third-order valence-corrected chi connectivity index (χ3v) is 3.50. The molecule has 0 amide bonds. The first-order chi connectivity index (χ1) is 7.76. The lowest BCUT2D eigenvalue weighted by Gasteiger charge is -2.38. The molecule has 1 heterocycles. The summed E-state index contributed by atoms with van der Waals surface area (Å²) >= 11 is 0. The molecule has 3 nitrogen and oxygen atoms in total. The summed E-state index contributed by atoms with van der Waals surface area (Å²) < 4.78 is 0. The number of para-hydroxylation sites is 1. The molecule has 3 heteroatoms. The summed E-state index contributed by atoms with van der Waals surface area (Å²) in [5.74, 6) is 0. The second kappa shape index (κ2) is 4.85. The Labute approximate surface area is 97.4 Å². The molecule has 1 aliphatic rings. The average molecular weight is 219 g/mol. The minimum Gasteiger partial charge on any atom is -0.378 e. The van der Waals surface area contributed by atoms with Gasteiger partial charge in [-0.3, -0.25) is 0 Å². The van der Waals surface area contributed by atoms with Crippen LogP contribution in [0.2, 0.25) is 0 Å². The van der Waals surface area contributed by atoms with Crippen LogP contribution in [0.15, 0.2) is 24.3 Å². The molecule has 1 saturated heterocycles. The van der Waals surface area contributed by atoms with Gasteiger partial charge in [-0.25, -0.2) is 0 Å². The zero-order valence-electron chi connectivity index (χ0n) is 9.92. The van der Waals surface area contributed by atoms with Gasteiger partial charge in [0.15, 0.2) is 0 Å². The van der Waals surface area contributed by atoms with Gasteiger partial charge in [0, 0.05) is 12.2 Å². The van der Waals surface area contributed by atoms with Crippen molar-refractivity contribution in [3.63, 3.8) is 0 Å². The molecule has 16 heavy (non-hydrogen) atoms. The van der Waals surface area contributed by atoms with Gasteiger partial charge in [-0.1, -0.05) is 18.2 Å². The Kier molecular flexibility index (Phi) is 3.46. The van der Waals surface area contributed by atoms with E-state index in [9.17, 15) is 0 Å². The molecule has 1 aromatic carbocycles. The van der Waals surface area contributed by atoms with E-state index in [1.54, 1.807) is 0 Å². The highest BCUT2D eigenvalue weighted by Gasteiger charge is 2.30. The molecule has 0 aliphatic carbocycles. The number of nitrogens with two attached hydrogens (primary N) is 1. The van der Waals surface area contributed by atoms with E-state index in [0.29, 0.717) is 6.54 Å². The molecule has 0 radical (unpaired) electrons. The lowest BCUT2D eigenvalue weighted by molar-refractivity contribution is 0.346. The Morgan fingerprint density at radius 1 is 1.31 bits per heavy atom. The molecule has 1 fully saturated rings. The fourth-order valence-corrected chi connectivity index (χ4v) is 2.28. The van der Waals surface area contributed by atoms with Crippen molar-refractivity contribution >= 4 is 5.69 Å². The smallest absolute Gasteiger partial charge is 0.0519 e. The minimum atomic E-state index is 0.0807. The van der Waals surface area contributed by atoms with E-state index in [0.717, 1.165) is 25.9 Å². The van der Waals surface area contributed by atoms with Gasteiger partial charge < -0.3 is 16.4 Å². The van der Waals surface area contributed by atoms with E-state index in [1.807, 2.05) is 0 Å². The highest BCUT2D eigenvalue weighted by molar-refractivity contribution is 5.52. The number of benzene rings is 1. The Morgan fingerprint density at radius 3 is 2.62 bits per heavy atom. The van der Waals surface area contributed by atoms with Crippen molar-refractivity contribution in [1.29, 1.82) is 0 Å². The Hall–Kier alpha value is -1.06. The SMILES string of the molecule is Cc1ccccc1NC1(CN)CCNCC1. The van der Waals surface area contributed by atoms with Gasteiger partial charge in [0.05, 0.1) is 5.54 Å². The van der Waals surface area contributed by atoms with Crippen LogP contribution >= 0.6 is 0 Å². The maximum Gasteiger partial charge on any atom is 0.0519 e. The molecular weight excluding hydrogens is 198 g/mol. The summed E-state index contributed by atoms with van der Waals surface area (Å²) in [5, 5.41) is 7.03. The summed E-state index contributed by atoms with van der Waals surface area (Å²) in [5.41, 5.74) is 8.53. The molecule has 0 atom stereocenters. The maximum atomic E-state index is 5.95. The Bertz CT molecular complexity index is 343. The molecule has 88 valence electrons. The molecule has 0 spiro atoms. The van der Waals surface area contributed by atoms with Gasteiger partial charge in [-0.05, 0) is 44.5 Å². The first-order valence-corrected chi connectivity index (χ1v) is 6.00. The largest absolute Gasteiger partial charge is 0.378 e. The number of aryl methyl sites for hydroxylation is 1. The number of nitrogens with one attached hydrogen (secondary N) is 2. The topological polar surface area (TPSA) is 50.1 Å². The van der Waals surface area contributed by atoms with Crippen LogP contribution in [-0.4, -0.2) is 25.2 Å². The molecule has 1 aromatic rings. The maximum absolute atomic E-state index is 5.95. The summed E-state index contributed by atoms with van der Waals surface area (Å²) in [6.07, 6.45) is 2.19. The van der Waals surface area contributed by atoms with E-state index in [2.05, 4.69) is 41.8 Å². The first kappa shape index (κ1) is 11.4. The van der Waals surface area contributed by atoms with Crippen LogP contribution < -0.4 is 16.4 Å². The van der Waals surface area contributed by atoms with Crippen molar-refractivity contribution in [3.05, 3.63) is 29.8 Å². The van der Waals surface area contributed by atoms with Gasteiger partial charge in [-0.2, -0.15) is 0 Å². The molecule has 1 aliphatic heterocycles. The average Bonchev–Trinajstić information content (AvgIpc) is 2.33. The van der Waals surface area contributed by atoms with Gasteiger partial charge >= 0.3 is 0 Å². The standard InChI is InChI=1S/C13H21N3/c1-11-4-2-3-5-12(11)16-13(10-14)6-8-15-9-7-13/h2-5,15-16H,6-10,14H2,1H3. The zero-order chi connectivity index (χ0) is 11.4. The highest BCUT2D eigenvalue weighted by atomic mass is 15.0. The van der Waals surface area contributed by atoms with Crippen LogP contribution in [0.3, 0.4) is 0 Å². The summed E-state index contributed by atoms with van der Waals surface area (Å²) in [6.45, 7) is 4.93. The lowest BCUT2D eigenvalue weighted by Crippen LogP contribution is -2.52. The second-order valence-corrected chi connectivity index (χ2v) is 4.67. The van der Waals surface area contributed by atoms with Crippen LogP contribution in [0, 0.1) is 6.92 Å². The predicted molar refractivity (Wildman–Crippen MR) is 68.7 cm³/mol. The van der Waals surface area contributed by atoms with E-state index < -0.39 is 0 Å². The van der Waals surface area contributed by atoms with Crippen molar-refractivity contribution in [3.8, 4) is 0 Å². The molecule has 0 unspecified atom stereocenters. The van der Waals surface area contributed by atoms with Gasteiger partial charge in [0.2, 0.25) is 0 Å². The third kappa shape index (κ3) is 2.36. The number of piperidine rings is 1. The van der Waals surface area contributed by atoms with Crippen LogP contribution in [0.25, 0.3) is 0 Å². The van der Waals surface area contributed by atoms with Crippen LogP contribution in [0.1, 0.15) is 18.4 Å². The van der Waals surface area contributed by atoms with Gasteiger partial charge in [0.1, 0.15) is 0 Å². The number of hydrogen-bond donors (Lipinski definition) is 3. The van der Waals surface area contributed by atoms with Crippen molar-refractivity contribution < 1.29 is 0 Å². The monoisotopic (exact) mass is 219 g/mol. The minimum absolute atomic E-state index is 0.0807. The molecule has 0 saturated carbocycles. The second-order valence-electron chi connectivity index (χ2n) is 4.67. The number of rotatable bonds is 3. The fraction of sp³-hybridized carbons (Fsp3) is 0.538. The van der Waals surface area contributed by atoms with E-state index in [-0.39, 0.29) is 5.54 Å². The normalized spacial score (nSPS) is 19.4. The molecule has 4 N–H and O–H groups in total. The van der Waals surface area contributed by atoms with Gasteiger partial charge in [0.25, 0.3) is 0 Å². The molecule has 0 aromatic heterocycles. The predicted octanol–water partition coefficient (Wildman–Crippen LogP) is 1.49. The van der Waals surface area contributed by atoms with Crippen molar-refractivity contribution in [2.24, 2.45) is 5.73 Å². The Morgan fingerprint density at radius 2 is 2.00 bits per heavy atom. The van der Waals surface area contributed by atoms with Gasteiger partial charge in [-0.15, -0.1) is 0 Å². The third-order valence-electron chi connectivity index (χ3n) is 3.50. The van der Waals surface area contributed by atoms with E-state index in [4.69, 9.17) is 5.73 Å². The summed E-state index contributed by atoms with van der Waals surface area (Å²) in [6, 6.07) is 8.40. The number of anilines is 1. The molecular formula is C13H21N3.